The highest BCUT2D eigenvalue weighted by atomic mass is 32.2. The molecule has 0 aliphatic carbocycles. The lowest BCUT2D eigenvalue weighted by molar-refractivity contribution is 0.174. The molecule has 138 valence electrons. The van der Waals surface area contributed by atoms with Crippen LogP contribution in [0.25, 0.3) is 18.3 Å². The van der Waals surface area contributed by atoms with E-state index >= 15 is 0 Å². The van der Waals surface area contributed by atoms with E-state index in [1.807, 2.05) is 0 Å². The van der Waals surface area contributed by atoms with E-state index < -0.39 is 10.1 Å². The molecular weight excluding hydrogens is 372 g/mol. The van der Waals surface area contributed by atoms with Crippen LogP contribution in [0, 0.1) is 0 Å². The summed E-state index contributed by atoms with van der Waals surface area (Å²) < 4.78 is 43.2. The van der Waals surface area contributed by atoms with Crippen molar-refractivity contribution in [1.29, 1.82) is 0 Å². The number of benzene rings is 2. The standard InChI is InChI=1S/C18H14N2O6S/c1-11-15(8-12-2-7-16-17(9-12)26-10-25-16)18(21)20(19-11)13-3-5-14(6-4-13)27(22,23)24/h2-9,19H,1,10H2,(H,22,23,24)/b15-8-. The van der Waals surface area contributed by atoms with E-state index in [1.54, 1.807) is 24.3 Å². The van der Waals surface area contributed by atoms with E-state index in [0.717, 1.165) is 5.56 Å². The zero-order chi connectivity index (χ0) is 19.2. The van der Waals surface area contributed by atoms with Gasteiger partial charge in [0.2, 0.25) is 6.79 Å². The van der Waals surface area contributed by atoms with Gasteiger partial charge in [0.05, 0.1) is 21.2 Å². The van der Waals surface area contributed by atoms with Crippen molar-refractivity contribution in [2.75, 3.05) is 6.79 Å². The molecule has 1 aromatic heterocycles. The lowest BCUT2D eigenvalue weighted by atomic mass is 10.1. The predicted molar refractivity (Wildman–Crippen MR) is 97.1 cm³/mol. The number of aromatic nitrogens is 2. The highest BCUT2D eigenvalue weighted by molar-refractivity contribution is 7.85. The smallest absolute Gasteiger partial charge is 0.294 e. The lowest BCUT2D eigenvalue weighted by Gasteiger charge is -2.02. The van der Waals surface area contributed by atoms with Gasteiger partial charge in [-0.2, -0.15) is 8.42 Å². The second-order valence-corrected chi connectivity index (χ2v) is 7.29. The Morgan fingerprint density at radius 1 is 1.11 bits per heavy atom. The third-order valence-corrected chi connectivity index (χ3v) is 4.97. The molecule has 1 aliphatic rings. The minimum Gasteiger partial charge on any atom is -0.454 e. The SMILES string of the molecule is C=c1[nH]n(-c2ccc(S(=O)(=O)O)cc2)c(=O)/c1=C\c1ccc2c(c1)OCO2. The molecule has 0 saturated carbocycles. The molecule has 2 N–H and O–H groups in total. The third-order valence-electron chi connectivity index (χ3n) is 4.11. The normalized spacial score (nSPS) is 13.9. The molecule has 0 bridgehead atoms. The molecule has 3 aromatic rings. The summed E-state index contributed by atoms with van der Waals surface area (Å²) in [5, 5.41) is 3.61. The van der Waals surface area contributed by atoms with Crippen molar-refractivity contribution in [1.82, 2.24) is 9.78 Å². The summed E-state index contributed by atoms with van der Waals surface area (Å²) in [5.41, 5.74) is 0.800. The van der Waals surface area contributed by atoms with Gasteiger partial charge in [0.15, 0.2) is 11.5 Å². The predicted octanol–water partition coefficient (Wildman–Crippen LogP) is 0.380. The number of nitrogens with zero attached hydrogens (tertiary/aromatic N) is 1. The summed E-state index contributed by atoms with van der Waals surface area (Å²) in [6, 6.07) is 10.6. The van der Waals surface area contributed by atoms with E-state index in [2.05, 4.69) is 11.7 Å². The Labute approximate surface area is 153 Å². The Kier molecular flexibility index (Phi) is 3.90. The second-order valence-electron chi connectivity index (χ2n) is 5.87. The third kappa shape index (κ3) is 3.14. The zero-order valence-corrected chi connectivity index (χ0v) is 14.7. The van der Waals surface area contributed by atoms with Crippen molar-refractivity contribution in [3.8, 4) is 17.2 Å². The number of ether oxygens (including phenoxy) is 2. The van der Waals surface area contributed by atoms with Crippen molar-refractivity contribution in [2.24, 2.45) is 0 Å². The van der Waals surface area contributed by atoms with Gasteiger partial charge >= 0.3 is 0 Å². The van der Waals surface area contributed by atoms with Crippen LogP contribution < -0.4 is 25.6 Å². The minimum absolute atomic E-state index is 0.163. The van der Waals surface area contributed by atoms with Crippen LogP contribution >= 0.6 is 0 Å². The molecule has 0 fully saturated rings. The first-order valence-corrected chi connectivity index (χ1v) is 9.26. The Bertz CT molecular complexity index is 1300. The van der Waals surface area contributed by atoms with Crippen molar-refractivity contribution in [3.05, 3.63) is 68.9 Å². The topological polar surface area (TPSA) is 111 Å². The van der Waals surface area contributed by atoms with Gasteiger partial charge in [-0.05, 0) is 48.0 Å². The first kappa shape index (κ1) is 17.1. The van der Waals surface area contributed by atoms with Gasteiger partial charge in [-0.1, -0.05) is 12.6 Å². The molecule has 27 heavy (non-hydrogen) atoms. The molecule has 4 rings (SSSR count). The van der Waals surface area contributed by atoms with E-state index in [-0.39, 0.29) is 17.2 Å². The van der Waals surface area contributed by atoms with Crippen LogP contribution in [0.15, 0.2) is 52.2 Å². The van der Waals surface area contributed by atoms with Gasteiger partial charge < -0.3 is 9.47 Å². The van der Waals surface area contributed by atoms with Gasteiger partial charge in [0, 0.05) is 0 Å². The molecule has 0 radical (unpaired) electrons. The maximum Gasteiger partial charge on any atom is 0.294 e. The molecule has 2 heterocycles. The van der Waals surface area contributed by atoms with Gasteiger partial charge in [-0.25, -0.2) is 4.68 Å². The Morgan fingerprint density at radius 2 is 1.81 bits per heavy atom. The van der Waals surface area contributed by atoms with Crippen molar-refractivity contribution < 1.29 is 22.4 Å². The van der Waals surface area contributed by atoms with E-state index in [9.17, 15) is 13.2 Å². The van der Waals surface area contributed by atoms with Gasteiger partial charge in [0.25, 0.3) is 15.7 Å². The zero-order valence-electron chi connectivity index (χ0n) is 13.9. The fourth-order valence-corrected chi connectivity index (χ4v) is 3.24. The summed E-state index contributed by atoms with van der Waals surface area (Å²) in [5.74, 6) is 1.25. The summed E-state index contributed by atoms with van der Waals surface area (Å²) in [6.45, 7) is 4.02. The first-order chi connectivity index (χ1) is 12.8. The maximum absolute atomic E-state index is 12.7. The largest absolute Gasteiger partial charge is 0.454 e. The maximum atomic E-state index is 12.7. The number of fused-ring (bicyclic) bond motifs is 1. The summed E-state index contributed by atoms with van der Waals surface area (Å²) in [6.07, 6.45) is 1.67. The molecule has 2 aromatic carbocycles. The van der Waals surface area contributed by atoms with Crippen LogP contribution in [0.1, 0.15) is 5.56 Å². The number of rotatable bonds is 3. The number of aromatic amines is 1. The molecule has 8 nitrogen and oxygen atoms in total. The number of hydrogen-bond donors (Lipinski definition) is 2. The first-order valence-electron chi connectivity index (χ1n) is 7.82. The molecule has 0 unspecified atom stereocenters. The lowest BCUT2D eigenvalue weighted by Crippen LogP contribution is -2.33. The van der Waals surface area contributed by atoms with Crippen LogP contribution in [0.2, 0.25) is 0 Å². The fraction of sp³-hybridized carbons (Fsp3) is 0.0556. The quantitative estimate of drug-likeness (QED) is 0.630. The highest BCUT2D eigenvalue weighted by Crippen LogP contribution is 2.32. The van der Waals surface area contributed by atoms with Gasteiger partial charge in [-0.3, -0.25) is 14.4 Å². The monoisotopic (exact) mass is 386 g/mol. The molecule has 0 saturated heterocycles. The van der Waals surface area contributed by atoms with Crippen molar-refractivity contribution in [2.45, 2.75) is 4.90 Å². The average molecular weight is 386 g/mol. The molecule has 0 atom stereocenters. The highest BCUT2D eigenvalue weighted by Gasteiger charge is 2.13. The fourth-order valence-electron chi connectivity index (χ4n) is 2.76. The van der Waals surface area contributed by atoms with E-state index in [1.165, 1.54) is 28.9 Å². The van der Waals surface area contributed by atoms with Gasteiger partial charge in [-0.15, -0.1) is 0 Å². The van der Waals surface area contributed by atoms with Crippen molar-refractivity contribution >= 4 is 22.8 Å². The molecular formula is C18H14N2O6S. The Hall–Kier alpha value is -3.30. The van der Waals surface area contributed by atoms with E-state index in [4.69, 9.17) is 14.0 Å². The van der Waals surface area contributed by atoms with Crippen LogP contribution in [-0.4, -0.2) is 29.5 Å². The average Bonchev–Trinajstić information content (AvgIpc) is 3.20. The molecule has 0 spiro atoms. The molecule has 0 amide bonds. The van der Waals surface area contributed by atoms with Crippen LogP contribution in [-0.2, 0) is 10.1 Å². The summed E-state index contributed by atoms with van der Waals surface area (Å²) in [4.78, 5) is 12.5. The molecule has 1 aliphatic heterocycles. The Balaban J connectivity index is 1.78. The second kappa shape index (κ2) is 6.15. The number of nitrogens with one attached hydrogen (secondary N) is 1. The number of H-pyrrole nitrogens is 1. The summed E-state index contributed by atoms with van der Waals surface area (Å²) >= 11 is 0. The van der Waals surface area contributed by atoms with Gasteiger partial charge in [0.1, 0.15) is 0 Å². The van der Waals surface area contributed by atoms with Crippen molar-refractivity contribution in [3.63, 3.8) is 0 Å². The number of hydrogen-bond acceptors (Lipinski definition) is 5. The Morgan fingerprint density at radius 3 is 2.52 bits per heavy atom. The minimum atomic E-state index is -4.30. The van der Waals surface area contributed by atoms with E-state index in [0.29, 0.717) is 27.8 Å². The molecule has 9 heteroatoms. The summed E-state index contributed by atoms with van der Waals surface area (Å²) in [7, 11) is -4.30. The van der Waals surface area contributed by atoms with Crippen LogP contribution in [0.5, 0.6) is 11.5 Å². The van der Waals surface area contributed by atoms with Crippen LogP contribution in [0.4, 0.5) is 0 Å². The van der Waals surface area contributed by atoms with Crippen LogP contribution in [0.3, 0.4) is 0 Å².